The second-order valence-electron chi connectivity index (χ2n) is 5.17. The molecule has 0 aromatic rings. The molecule has 0 radical (unpaired) electrons. The summed E-state index contributed by atoms with van der Waals surface area (Å²) < 4.78 is 10.0. The van der Waals surface area contributed by atoms with Crippen molar-refractivity contribution in [1.82, 2.24) is 0 Å². The van der Waals surface area contributed by atoms with E-state index in [0.29, 0.717) is 0 Å². The molecule has 9 unspecified atom stereocenters. The Labute approximate surface area is 130 Å². The van der Waals surface area contributed by atoms with E-state index in [9.17, 15) is 35.4 Å². The molecule has 0 aromatic carbocycles. The van der Waals surface area contributed by atoms with Crippen molar-refractivity contribution in [2.24, 2.45) is 0 Å². The fraction of sp³-hybridized carbons (Fsp3) is 0.917. The van der Waals surface area contributed by atoms with Crippen molar-refractivity contribution in [2.45, 2.75) is 55.1 Å². The Morgan fingerprint density at radius 3 is 2.13 bits per heavy atom. The molecule has 0 amide bonds. The average Bonchev–Trinajstić information content (AvgIpc) is 2.57. The molecule has 1 saturated heterocycles. The normalized spacial score (nSPS) is 37.0. The highest BCUT2D eigenvalue weighted by Crippen LogP contribution is 2.24. The quantitative estimate of drug-likeness (QED) is 0.196. The van der Waals surface area contributed by atoms with Crippen LogP contribution in [0.15, 0.2) is 0 Å². The van der Waals surface area contributed by atoms with E-state index in [1.165, 1.54) is 0 Å². The van der Waals surface area contributed by atoms with Crippen molar-refractivity contribution in [3.8, 4) is 0 Å². The molecule has 0 bridgehead atoms. The van der Waals surface area contributed by atoms with Gasteiger partial charge in [0.1, 0.15) is 48.8 Å². The zero-order valence-corrected chi connectivity index (χ0v) is 12.0. The van der Waals surface area contributed by atoms with Gasteiger partial charge in [-0.25, -0.2) is 0 Å². The summed E-state index contributed by atoms with van der Waals surface area (Å²) in [6.07, 6.45) is -15.7. The van der Waals surface area contributed by atoms with Crippen LogP contribution in [0.3, 0.4) is 0 Å². The van der Waals surface area contributed by atoms with Gasteiger partial charge in [0.25, 0.3) is 0 Å². The Kier molecular flexibility index (Phi) is 7.89. The van der Waals surface area contributed by atoms with E-state index in [2.05, 4.69) is 0 Å². The van der Waals surface area contributed by atoms with Crippen molar-refractivity contribution in [2.75, 3.05) is 13.2 Å². The SMILES string of the molecule is O=CC(O)C(OC1OC(CO)C(O)C(O)C1O)C(O)C(O)CO. The van der Waals surface area contributed by atoms with Gasteiger partial charge in [0.05, 0.1) is 13.2 Å². The minimum atomic E-state index is -1.95. The van der Waals surface area contributed by atoms with Crippen LogP contribution in [0.25, 0.3) is 0 Å². The zero-order valence-electron chi connectivity index (χ0n) is 12.0. The topological polar surface area (TPSA) is 197 Å². The van der Waals surface area contributed by atoms with Gasteiger partial charge in [-0.15, -0.1) is 0 Å². The number of ether oxygens (including phenoxy) is 2. The maximum Gasteiger partial charge on any atom is 0.187 e. The van der Waals surface area contributed by atoms with Gasteiger partial charge in [-0.05, 0) is 0 Å². The Morgan fingerprint density at radius 1 is 1.04 bits per heavy atom. The summed E-state index contributed by atoms with van der Waals surface area (Å²) in [5.41, 5.74) is 0. The van der Waals surface area contributed by atoms with Crippen LogP contribution in [0.2, 0.25) is 0 Å². The first-order chi connectivity index (χ1) is 10.8. The van der Waals surface area contributed by atoms with Crippen LogP contribution in [-0.4, -0.2) is 115 Å². The molecule has 1 heterocycles. The maximum atomic E-state index is 10.7. The fourth-order valence-electron chi connectivity index (χ4n) is 2.10. The van der Waals surface area contributed by atoms with Crippen molar-refractivity contribution in [3.63, 3.8) is 0 Å². The summed E-state index contributed by atoms with van der Waals surface area (Å²) >= 11 is 0. The van der Waals surface area contributed by atoms with Crippen LogP contribution < -0.4 is 0 Å². The Morgan fingerprint density at radius 2 is 1.65 bits per heavy atom. The van der Waals surface area contributed by atoms with E-state index in [0.717, 1.165) is 0 Å². The number of aliphatic hydroxyl groups is 8. The lowest BCUT2D eigenvalue weighted by atomic mass is 9.98. The number of hydrogen-bond acceptors (Lipinski definition) is 11. The first-order valence-corrected chi connectivity index (χ1v) is 6.84. The van der Waals surface area contributed by atoms with Crippen LogP contribution >= 0.6 is 0 Å². The summed E-state index contributed by atoms with van der Waals surface area (Å²) in [4.78, 5) is 10.7. The van der Waals surface area contributed by atoms with Crippen molar-refractivity contribution in [1.29, 1.82) is 0 Å². The predicted molar refractivity (Wildman–Crippen MR) is 69.8 cm³/mol. The summed E-state index contributed by atoms with van der Waals surface area (Å²) in [7, 11) is 0. The monoisotopic (exact) mass is 342 g/mol. The average molecular weight is 342 g/mol. The molecule has 11 nitrogen and oxygen atoms in total. The van der Waals surface area contributed by atoms with Crippen LogP contribution in [0.1, 0.15) is 0 Å². The zero-order chi connectivity index (χ0) is 17.7. The van der Waals surface area contributed by atoms with Crippen molar-refractivity contribution in [3.05, 3.63) is 0 Å². The van der Waals surface area contributed by atoms with Gasteiger partial charge in [0, 0.05) is 0 Å². The summed E-state index contributed by atoms with van der Waals surface area (Å²) in [6.45, 7) is -1.63. The van der Waals surface area contributed by atoms with E-state index in [1.807, 2.05) is 0 Å². The van der Waals surface area contributed by atoms with E-state index >= 15 is 0 Å². The first-order valence-electron chi connectivity index (χ1n) is 6.84. The number of rotatable bonds is 8. The first kappa shape index (κ1) is 20.3. The molecule has 0 saturated carbocycles. The molecule has 136 valence electrons. The predicted octanol–water partition coefficient (Wildman–Crippen LogP) is -5.55. The third-order valence-corrected chi connectivity index (χ3v) is 3.53. The molecule has 8 N–H and O–H groups in total. The maximum absolute atomic E-state index is 10.7. The van der Waals surface area contributed by atoms with Gasteiger partial charge in [0.2, 0.25) is 0 Å². The van der Waals surface area contributed by atoms with Crippen LogP contribution in [0.5, 0.6) is 0 Å². The fourth-order valence-corrected chi connectivity index (χ4v) is 2.10. The number of carbonyl (C=O) groups excluding carboxylic acids is 1. The molecule has 1 rings (SSSR count). The number of aliphatic hydroxyl groups excluding tert-OH is 8. The molecule has 1 fully saturated rings. The Bertz CT molecular complexity index is 365. The Hall–Kier alpha value is -0.730. The second kappa shape index (κ2) is 8.94. The minimum Gasteiger partial charge on any atom is -0.394 e. The largest absolute Gasteiger partial charge is 0.394 e. The van der Waals surface area contributed by atoms with Crippen molar-refractivity contribution >= 4 is 6.29 Å². The molecule has 1 aliphatic rings. The lowest BCUT2D eigenvalue weighted by Gasteiger charge is -2.41. The van der Waals surface area contributed by atoms with Crippen molar-refractivity contribution < 1.29 is 55.1 Å². The molecule has 9 atom stereocenters. The summed E-state index contributed by atoms with van der Waals surface area (Å²) in [6, 6.07) is 0. The van der Waals surface area contributed by atoms with E-state index < -0.39 is 68.3 Å². The van der Waals surface area contributed by atoms with Gasteiger partial charge < -0.3 is 55.1 Å². The third-order valence-electron chi connectivity index (χ3n) is 3.53. The lowest BCUT2D eigenvalue weighted by molar-refractivity contribution is -0.324. The summed E-state index contributed by atoms with van der Waals surface area (Å²) in [5.74, 6) is 0. The Balaban J connectivity index is 2.91. The molecule has 11 heteroatoms. The second-order valence-corrected chi connectivity index (χ2v) is 5.17. The minimum absolute atomic E-state index is 0.0119. The highest BCUT2D eigenvalue weighted by molar-refractivity contribution is 5.56. The number of hydrogen-bond donors (Lipinski definition) is 8. The standard InChI is InChI=1S/C12H22O11/c13-1-4(16)7(18)11(5(17)2-14)23-12-10(21)9(20)8(19)6(3-15)22-12/h2,4-13,15-21H,1,3H2. The lowest BCUT2D eigenvalue weighted by Crippen LogP contribution is -2.61. The highest BCUT2D eigenvalue weighted by atomic mass is 16.7. The summed E-state index contributed by atoms with van der Waals surface area (Å²) in [5, 5.41) is 75.6. The molecular weight excluding hydrogens is 320 g/mol. The van der Waals surface area contributed by atoms with Gasteiger partial charge in [-0.2, -0.15) is 0 Å². The molecule has 0 aliphatic carbocycles. The van der Waals surface area contributed by atoms with Gasteiger partial charge in [-0.1, -0.05) is 0 Å². The third kappa shape index (κ3) is 4.64. The molecule has 23 heavy (non-hydrogen) atoms. The number of aldehydes is 1. The van der Waals surface area contributed by atoms with Crippen LogP contribution in [-0.2, 0) is 14.3 Å². The van der Waals surface area contributed by atoms with Crippen LogP contribution in [0.4, 0.5) is 0 Å². The molecule has 0 spiro atoms. The van der Waals surface area contributed by atoms with Gasteiger partial charge >= 0.3 is 0 Å². The van der Waals surface area contributed by atoms with E-state index in [4.69, 9.17) is 19.7 Å². The molecular formula is C12H22O11. The molecule has 1 aliphatic heterocycles. The van der Waals surface area contributed by atoms with Gasteiger partial charge in [0.15, 0.2) is 12.6 Å². The highest BCUT2D eigenvalue weighted by Gasteiger charge is 2.46. The molecule has 0 aromatic heterocycles. The van der Waals surface area contributed by atoms with E-state index in [-0.39, 0.29) is 6.29 Å². The number of carbonyl (C=O) groups is 1. The van der Waals surface area contributed by atoms with Crippen LogP contribution in [0, 0.1) is 0 Å². The van der Waals surface area contributed by atoms with E-state index in [1.54, 1.807) is 0 Å². The smallest absolute Gasteiger partial charge is 0.187 e. The van der Waals surface area contributed by atoms with Gasteiger partial charge in [-0.3, -0.25) is 0 Å².